The van der Waals surface area contributed by atoms with Gasteiger partial charge < -0.3 is 19.3 Å². The molecule has 2 aromatic rings. The molecule has 6 nitrogen and oxygen atoms in total. The average molecular weight is 342 g/mol. The van der Waals surface area contributed by atoms with E-state index in [1.54, 1.807) is 18.1 Å². The first-order chi connectivity index (χ1) is 12.1. The van der Waals surface area contributed by atoms with Crippen LogP contribution in [0.1, 0.15) is 36.2 Å². The van der Waals surface area contributed by atoms with E-state index in [2.05, 4.69) is 5.16 Å². The lowest BCUT2D eigenvalue weighted by molar-refractivity contribution is -0.0825. The van der Waals surface area contributed by atoms with Crippen molar-refractivity contribution in [2.45, 2.75) is 43.4 Å². The van der Waals surface area contributed by atoms with Gasteiger partial charge in [-0.05, 0) is 25.7 Å². The second kappa shape index (κ2) is 6.28. The molecule has 2 fully saturated rings. The van der Waals surface area contributed by atoms with E-state index in [1.165, 1.54) is 0 Å². The normalized spacial score (nSPS) is 28.8. The third-order valence-electron chi connectivity index (χ3n) is 5.61. The van der Waals surface area contributed by atoms with Gasteiger partial charge in [-0.1, -0.05) is 35.5 Å². The molecule has 0 radical (unpaired) electrons. The molecule has 1 amide bonds. The standard InChI is InChI=1S/C19H22N2O4/c1-24-19-8-7-14(22)11-17(19)21(10-9-19)18(23)15-12-16(25-20-15)13-5-3-2-4-6-13/h2-6,12,14,17,22H,7-11H2,1H3/t14-,17+,19-/m0/s1. The summed E-state index contributed by atoms with van der Waals surface area (Å²) in [6.07, 6.45) is 2.43. The van der Waals surface area contributed by atoms with Crippen molar-refractivity contribution in [3.05, 3.63) is 42.1 Å². The molecule has 2 aliphatic rings. The van der Waals surface area contributed by atoms with Gasteiger partial charge in [-0.15, -0.1) is 0 Å². The molecule has 1 saturated carbocycles. The minimum absolute atomic E-state index is 0.120. The topological polar surface area (TPSA) is 75.8 Å². The van der Waals surface area contributed by atoms with E-state index in [4.69, 9.17) is 9.26 Å². The minimum atomic E-state index is -0.390. The van der Waals surface area contributed by atoms with Crippen LogP contribution in [0.2, 0.25) is 0 Å². The second-order valence-corrected chi connectivity index (χ2v) is 6.90. The number of carbonyl (C=O) groups excluding carboxylic acids is 1. The first-order valence-corrected chi connectivity index (χ1v) is 8.69. The first kappa shape index (κ1) is 16.3. The van der Waals surface area contributed by atoms with E-state index in [1.807, 2.05) is 30.3 Å². The number of aliphatic hydroxyl groups is 1. The molecule has 1 saturated heterocycles. The summed E-state index contributed by atoms with van der Waals surface area (Å²) in [7, 11) is 1.70. The van der Waals surface area contributed by atoms with Gasteiger partial charge in [0, 0.05) is 25.3 Å². The third-order valence-corrected chi connectivity index (χ3v) is 5.61. The molecule has 1 aromatic heterocycles. The molecule has 6 heteroatoms. The number of carbonyl (C=O) groups is 1. The van der Waals surface area contributed by atoms with Crippen molar-refractivity contribution in [2.75, 3.05) is 13.7 Å². The zero-order valence-electron chi connectivity index (χ0n) is 14.2. The summed E-state index contributed by atoms with van der Waals surface area (Å²) in [4.78, 5) is 14.8. The molecule has 25 heavy (non-hydrogen) atoms. The number of methoxy groups -OCH3 is 1. The Balaban J connectivity index is 1.58. The smallest absolute Gasteiger partial charge is 0.276 e. The van der Waals surface area contributed by atoms with Crippen LogP contribution >= 0.6 is 0 Å². The maximum atomic E-state index is 13.0. The first-order valence-electron chi connectivity index (χ1n) is 8.69. The van der Waals surface area contributed by atoms with Crippen LogP contribution < -0.4 is 0 Å². The van der Waals surface area contributed by atoms with Crippen LogP contribution in [0.15, 0.2) is 40.9 Å². The largest absolute Gasteiger partial charge is 0.393 e. The lowest BCUT2D eigenvalue weighted by Gasteiger charge is -2.42. The Labute approximate surface area is 146 Å². The van der Waals surface area contributed by atoms with Crippen molar-refractivity contribution in [1.82, 2.24) is 10.1 Å². The summed E-state index contributed by atoms with van der Waals surface area (Å²) in [6.45, 7) is 0.609. The number of likely N-dealkylation sites (tertiary alicyclic amines) is 1. The Morgan fingerprint density at radius 2 is 2.16 bits per heavy atom. The number of rotatable bonds is 3. The van der Waals surface area contributed by atoms with Crippen LogP contribution in [-0.2, 0) is 4.74 Å². The molecule has 0 unspecified atom stereocenters. The van der Waals surface area contributed by atoms with Gasteiger partial charge in [0.1, 0.15) is 0 Å². The van der Waals surface area contributed by atoms with Gasteiger partial charge in [0.2, 0.25) is 0 Å². The van der Waals surface area contributed by atoms with Crippen LogP contribution in [0, 0.1) is 0 Å². The van der Waals surface area contributed by atoms with Crippen molar-refractivity contribution < 1.29 is 19.2 Å². The maximum Gasteiger partial charge on any atom is 0.276 e. The fourth-order valence-corrected chi connectivity index (χ4v) is 4.18. The number of fused-ring (bicyclic) bond motifs is 1. The SMILES string of the molecule is CO[C@]12CC[C@H](O)C[C@H]1N(C(=O)c1cc(-c3ccccc3)on1)CC2. The third kappa shape index (κ3) is 2.75. The quantitative estimate of drug-likeness (QED) is 0.927. The molecule has 4 rings (SSSR count). The number of hydrogen-bond acceptors (Lipinski definition) is 5. The molecular formula is C19H22N2O4. The van der Waals surface area contributed by atoms with Crippen molar-refractivity contribution in [1.29, 1.82) is 0 Å². The monoisotopic (exact) mass is 342 g/mol. The van der Waals surface area contributed by atoms with Gasteiger partial charge in [-0.2, -0.15) is 0 Å². The van der Waals surface area contributed by atoms with Gasteiger partial charge in [-0.25, -0.2) is 0 Å². The van der Waals surface area contributed by atoms with E-state index < -0.39 is 0 Å². The number of amides is 1. The highest BCUT2D eigenvalue weighted by Gasteiger charge is 2.52. The molecule has 3 atom stereocenters. The Morgan fingerprint density at radius 1 is 1.36 bits per heavy atom. The zero-order valence-corrected chi connectivity index (χ0v) is 14.2. The van der Waals surface area contributed by atoms with Gasteiger partial charge in [0.05, 0.1) is 17.7 Å². The summed E-state index contributed by atoms with van der Waals surface area (Å²) < 4.78 is 11.2. The van der Waals surface area contributed by atoms with E-state index in [0.29, 0.717) is 30.8 Å². The summed E-state index contributed by atoms with van der Waals surface area (Å²) in [5.74, 6) is 0.411. The predicted molar refractivity (Wildman–Crippen MR) is 91.0 cm³/mol. The van der Waals surface area contributed by atoms with Crippen LogP contribution in [-0.4, -0.2) is 52.5 Å². The average Bonchev–Trinajstić information content (AvgIpc) is 3.27. The van der Waals surface area contributed by atoms with E-state index >= 15 is 0 Å². The molecule has 1 aromatic carbocycles. The Bertz CT molecular complexity index is 760. The zero-order chi connectivity index (χ0) is 17.4. The molecule has 1 aliphatic carbocycles. The van der Waals surface area contributed by atoms with Crippen molar-refractivity contribution >= 4 is 5.91 Å². The molecule has 0 bridgehead atoms. The lowest BCUT2D eigenvalue weighted by Crippen LogP contribution is -2.52. The number of nitrogens with zero attached hydrogens (tertiary/aromatic N) is 2. The van der Waals surface area contributed by atoms with E-state index in [-0.39, 0.29) is 23.7 Å². The molecular weight excluding hydrogens is 320 g/mol. The Morgan fingerprint density at radius 3 is 2.92 bits per heavy atom. The summed E-state index contributed by atoms with van der Waals surface area (Å²) in [5, 5.41) is 14.0. The summed E-state index contributed by atoms with van der Waals surface area (Å²) in [5.41, 5.74) is 0.835. The number of aromatic nitrogens is 1. The molecule has 1 aliphatic heterocycles. The van der Waals surface area contributed by atoms with Crippen LogP contribution in [0.25, 0.3) is 11.3 Å². The molecule has 2 heterocycles. The number of aliphatic hydroxyl groups excluding tert-OH is 1. The van der Waals surface area contributed by atoms with Crippen molar-refractivity contribution in [3.63, 3.8) is 0 Å². The van der Waals surface area contributed by atoms with Crippen LogP contribution in [0.3, 0.4) is 0 Å². The van der Waals surface area contributed by atoms with E-state index in [0.717, 1.165) is 18.4 Å². The van der Waals surface area contributed by atoms with E-state index in [9.17, 15) is 9.90 Å². The highest BCUT2D eigenvalue weighted by atomic mass is 16.5. The fourth-order valence-electron chi connectivity index (χ4n) is 4.18. The lowest BCUT2D eigenvalue weighted by atomic mass is 9.79. The van der Waals surface area contributed by atoms with Gasteiger partial charge >= 0.3 is 0 Å². The molecule has 132 valence electrons. The Hall–Kier alpha value is -2.18. The predicted octanol–water partition coefficient (Wildman–Crippen LogP) is 2.49. The fraction of sp³-hybridized carbons (Fsp3) is 0.474. The second-order valence-electron chi connectivity index (χ2n) is 6.90. The Kier molecular flexibility index (Phi) is 4.09. The summed E-state index contributed by atoms with van der Waals surface area (Å²) >= 11 is 0. The minimum Gasteiger partial charge on any atom is -0.393 e. The highest BCUT2D eigenvalue weighted by Crippen LogP contribution is 2.43. The number of ether oxygens (including phenoxy) is 1. The maximum absolute atomic E-state index is 13.0. The summed E-state index contributed by atoms with van der Waals surface area (Å²) in [6, 6.07) is 11.1. The van der Waals surface area contributed by atoms with Gasteiger partial charge in [0.15, 0.2) is 11.5 Å². The molecule has 1 N–H and O–H groups in total. The van der Waals surface area contributed by atoms with Crippen molar-refractivity contribution in [3.8, 4) is 11.3 Å². The highest BCUT2D eigenvalue weighted by molar-refractivity contribution is 5.93. The van der Waals surface area contributed by atoms with Crippen LogP contribution in [0.4, 0.5) is 0 Å². The molecule has 0 spiro atoms. The van der Waals surface area contributed by atoms with Crippen molar-refractivity contribution in [2.24, 2.45) is 0 Å². The number of hydrogen-bond donors (Lipinski definition) is 1. The number of benzene rings is 1. The van der Waals surface area contributed by atoms with Gasteiger partial charge in [0.25, 0.3) is 5.91 Å². The van der Waals surface area contributed by atoms with Gasteiger partial charge in [-0.3, -0.25) is 4.79 Å². The van der Waals surface area contributed by atoms with Crippen LogP contribution in [0.5, 0.6) is 0 Å².